The Morgan fingerprint density at radius 1 is 1.44 bits per heavy atom. The molecule has 16 heavy (non-hydrogen) atoms. The first-order valence-electron chi connectivity index (χ1n) is 6.08. The van der Waals surface area contributed by atoms with Crippen molar-refractivity contribution >= 4 is 0 Å². The highest BCUT2D eigenvalue weighted by Crippen LogP contribution is 2.25. The van der Waals surface area contributed by atoms with Gasteiger partial charge in [-0.05, 0) is 37.0 Å². The summed E-state index contributed by atoms with van der Waals surface area (Å²) in [4.78, 5) is 6.58. The van der Waals surface area contributed by atoms with E-state index in [1.165, 1.54) is 5.56 Å². The van der Waals surface area contributed by atoms with E-state index in [1.54, 1.807) is 0 Å². The first-order chi connectivity index (χ1) is 7.68. The summed E-state index contributed by atoms with van der Waals surface area (Å²) in [5.74, 6) is 0.595. The van der Waals surface area contributed by atoms with Crippen LogP contribution in [0.2, 0.25) is 0 Å². The summed E-state index contributed by atoms with van der Waals surface area (Å²) in [6.45, 7) is 6.72. The maximum atomic E-state index is 6.04. The smallest absolute Gasteiger partial charge is 0.0321 e. The van der Waals surface area contributed by atoms with Gasteiger partial charge in [0.05, 0.1) is 0 Å². The highest BCUT2D eigenvalue weighted by molar-refractivity contribution is 5.14. The van der Waals surface area contributed by atoms with Crippen LogP contribution in [0.1, 0.15) is 31.9 Å². The van der Waals surface area contributed by atoms with Crippen molar-refractivity contribution in [2.75, 3.05) is 13.1 Å². The first kappa shape index (κ1) is 11.6. The Morgan fingerprint density at radius 2 is 2.12 bits per heavy atom. The summed E-state index contributed by atoms with van der Waals surface area (Å²) >= 11 is 0. The molecule has 0 aliphatic carbocycles. The van der Waals surface area contributed by atoms with Gasteiger partial charge in [0.1, 0.15) is 0 Å². The standard InChI is InChI=1S/C13H21N3/c1-10-9-16(8-5-13(10)14)11(2)12-3-6-15-7-4-12/h3-4,6-7,10-11,13H,5,8-9,14H2,1-2H3. The van der Waals surface area contributed by atoms with Crippen LogP contribution in [0.25, 0.3) is 0 Å². The van der Waals surface area contributed by atoms with Crippen molar-refractivity contribution in [1.29, 1.82) is 0 Å². The molecule has 1 saturated heterocycles. The number of hydrogen-bond donors (Lipinski definition) is 1. The monoisotopic (exact) mass is 219 g/mol. The van der Waals surface area contributed by atoms with E-state index in [9.17, 15) is 0 Å². The quantitative estimate of drug-likeness (QED) is 0.825. The summed E-state index contributed by atoms with van der Waals surface area (Å²) in [7, 11) is 0. The summed E-state index contributed by atoms with van der Waals surface area (Å²) in [6.07, 6.45) is 4.84. The van der Waals surface area contributed by atoms with Gasteiger partial charge in [-0.15, -0.1) is 0 Å². The van der Waals surface area contributed by atoms with Gasteiger partial charge in [0.15, 0.2) is 0 Å². The summed E-state index contributed by atoms with van der Waals surface area (Å²) < 4.78 is 0. The lowest BCUT2D eigenvalue weighted by atomic mass is 9.93. The topological polar surface area (TPSA) is 42.2 Å². The lowest BCUT2D eigenvalue weighted by Crippen LogP contribution is -2.46. The number of hydrogen-bond acceptors (Lipinski definition) is 3. The van der Waals surface area contributed by atoms with Crippen LogP contribution in [0.4, 0.5) is 0 Å². The molecule has 3 heteroatoms. The molecule has 0 radical (unpaired) electrons. The third kappa shape index (κ3) is 2.42. The highest BCUT2D eigenvalue weighted by atomic mass is 15.2. The van der Waals surface area contributed by atoms with Gasteiger partial charge >= 0.3 is 0 Å². The zero-order valence-electron chi connectivity index (χ0n) is 10.1. The molecule has 1 fully saturated rings. The summed E-state index contributed by atoms with van der Waals surface area (Å²) in [5, 5.41) is 0. The normalized spacial score (nSPS) is 28.9. The number of nitrogens with zero attached hydrogens (tertiary/aromatic N) is 2. The van der Waals surface area contributed by atoms with Crippen LogP contribution >= 0.6 is 0 Å². The fraction of sp³-hybridized carbons (Fsp3) is 0.615. The van der Waals surface area contributed by atoms with Crippen molar-refractivity contribution in [3.8, 4) is 0 Å². The van der Waals surface area contributed by atoms with E-state index in [1.807, 2.05) is 12.4 Å². The Kier molecular flexibility index (Phi) is 3.56. The van der Waals surface area contributed by atoms with Gasteiger partial charge < -0.3 is 5.73 Å². The molecule has 3 unspecified atom stereocenters. The number of pyridine rings is 1. The maximum Gasteiger partial charge on any atom is 0.0321 e. The molecule has 88 valence electrons. The van der Waals surface area contributed by atoms with Crippen molar-refractivity contribution in [3.05, 3.63) is 30.1 Å². The molecule has 1 aliphatic heterocycles. The van der Waals surface area contributed by atoms with Gasteiger partial charge in [-0.2, -0.15) is 0 Å². The van der Waals surface area contributed by atoms with E-state index < -0.39 is 0 Å². The minimum absolute atomic E-state index is 0.376. The predicted octanol–water partition coefficient (Wildman–Crippen LogP) is 1.81. The van der Waals surface area contributed by atoms with Crippen LogP contribution in [0.15, 0.2) is 24.5 Å². The molecule has 0 aromatic carbocycles. The second-order valence-electron chi connectivity index (χ2n) is 4.88. The van der Waals surface area contributed by atoms with Crippen LogP contribution in [-0.4, -0.2) is 29.0 Å². The number of nitrogens with two attached hydrogens (primary N) is 1. The molecule has 0 amide bonds. The second-order valence-corrected chi connectivity index (χ2v) is 4.88. The van der Waals surface area contributed by atoms with Crippen molar-refractivity contribution in [1.82, 2.24) is 9.88 Å². The van der Waals surface area contributed by atoms with E-state index >= 15 is 0 Å². The van der Waals surface area contributed by atoms with Crippen LogP contribution < -0.4 is 5.73 Å². The van der Waals surface area contributed by atoms with Crippen LogP contribution in [0.5, 0.6) is 0 Å². The molecule has 0 bridgehead atoms. The highest BCUT2D eigenvalue weighted by Gasteiger charge is 2.26. The molecule has 0 spiro atoms. The Balaban J connectivity index is 2.03. The molecule has 1 aromatic heterocycles. The molecule has 1 aromatic rings. The Bertz CT molecular complexity index is 325. The van der Waals surface area contributed by atoms with Crippen molar-refractivity contribution in [2.24, 2.45) is 11.7 Å². The van der Waals surface area contributed by atoms with Gasteiger partial charge in [-0.1, -0.05) is 6.92 Å². The zero-order valence-corrected chi connectivity index (χ0v) is 10.1. The average Bonchev–Trinajstić information content (AvgIpc) is 2.33. The average molecular weight is 219 g/mol. The van der Waals surface area contributed by atoms with Crippen molar-refractivity contribution < 1.29 is 0 Å². The van der Waals surface area contributed by atoms with Gasteiger partial charge in [0.2, 0.25) is 0 Å². The fourth-order valence-electron chi connectivity index (χ4n) is 2.40. The van der Waals surface area contributed by atoms with Crippen molar-refractivity contribution in [2.45, 2.75) is 32.4 Å². The Morgan fingerprint density at radius 3 is 2.75 bits per heavy atom. The van der Waals surface area contributed by atoms with E-state index in [2.05, 4.69) is 35.9 Å². The first-order valence-corrected chi connectivity index (χ1v) is 6.08. The molecular formula is C13H21N3. The number of aromatic nitrogens is 1. The fourth-order valence-corrected chi connectivity index (χ4v) is 2.40. The molecular weight excluding hydrogens is 198 g/mol. The van der Waals surface area contributed by atoms with E-state index in [4.69, 9.17) is 5.73 Å². The zero-order chi connectivity index (χ0) is 11.5. The molecule has 3 atom stereocenters. The lowest BCUT2D eigenvalue weighted by Gasteiger charge is -2.38. The van der Waals surface area contributed by atoms with Gasteiger partial charge in [-0.3, -0.25) is 9.88 Å². The molecule has 0 saturated carbocycles. The van der Waals surface area contributed by atoms with E-state index in [0.29, 0.717) is 18.0 Å². The number of rotatable bonds is 2. The minimum Gasteiger partial charge on any atom is -0.327 e. The minimum atomic E-state index is 0.376. The third-order valence-corrected chi connectivity index (χ3v) is 3.74. The third-order valence-electron chi connectivity index (χ3n) is 3.74. The molecule has 2 heterocycles. The van der Waals surface area contributed by atoms with Gasteiger partial charge in [-0.25, -0.2) is 0 Å². The van der Waals surface area contributed by atoms with Crippen molar-refractivity contribution in [3.63, 3.8) is 0 Å². The molecule has 2 N–H and O–H groups in total. The summed E-state index contributed by atoms with van der Waals surface area (Å²) in [6, 6.07) is 5.05. The Labute approximate surface area is 97.7 Å². The largest absolute Gasteiger partial charge is 0.327 e. The molecule has 1 aliphatic rings. The van der Waals surface area contributed by atoms with E-state index in [0.717, 1.165) is 19.5 Å². The predicted molar refractivity (Wildman–Crippen MR) is 66.0 cm³/mol. The maximum absolute atomic E-state index is 6.04. The van der Waals surface area contributed by atoms with Crippen LogP contribution in [-0.2, 0) is 0 Å². The molecule has 2 rings (SSSR count). The Hall–Kier alpha value is -0.930. The number of piperidine rings is 1. The lowest BCUT2D eigenvalue weighted by molar-refractivity contribution is 0.124. The second kappa shape index (κ2) is 4.93. The van der Waals surface area contributed by atoms with Crippen LogP contribution in [0.3, 0.4) is 0 Å². The van der Waals surface area contributed by atoms with Gasteiger partial charge in [0.25, 0.3) is 0 Å². The van der Waals surface area contributed by atoms with Crippen LogP contribution in [0, 0.1) is 5.92 Å². The number of likely N-dealkylation sites (tertiary alicyclic amines) is 1. The van der Waals surface area contributed by atoms with Gasteiger partial charge in [0, 0.05) is 37.6 Å². The van der Waals surface area contributed by atoms with E-state index in [-0.39, 0.29) is 0 Å². The SMILES string of the molecule is CC1CN(C(C)c2ccncc2)CCC1N. The summed E-state index contributed by atoms with van der Waals surface area (Å²) in [5.41, 5.74) is 7.39. The molecule has 3 nitrogen and oxygen atoms in total.